The first kappa shape index (κ1) is 11.9. The van der Waals surface area contributed by atoms with Gasteiger partial charge in [0.15, 0.2) is 0 Å². The maximum atomic E-state index is 10.2. The molecule has 0 N–H and O–H groups in total. The van der Waals surface area contributed by atoms with Gasteiger partial charge in [-0.05, 0) is 19.8 Å². The second-order valence-corrected chi connectivity index (χ2v) is 3.23. The van der Waals surface area contributed by atoms with Gasteiger partial charge < -0.3 is 4.74 Å². The Morgan fingerprint density at radius 2 is 2.00 bits per heavy atom. The highest BCUT2D eigenvalue weighted by Crippen LogP contribution is 2.02. The van der Waals surface area contributed by atoms with Crippen molar-refractivity contribution < 1.29 is 9.84 Å². The van der Waals surface area contributed by atoms with E-state index in [0.29, 0.717) is 6.42 Å². The Morgan fingerprint density at radius 3 is 2.58 bits per heavy atom. The summed E-state index contributed by atoms with van der Waals surface area (Å²) in [6, 6.07) is 0. The monoisotopic (exact) mass is 173 g/mol. The third-order valence-electron chi connectivity index (χ3n) is 1.92. The number of hydrogen-bond acceptors (Lipinski definition) is 1. The Bertz CT molecular complexity index is 83.9. The minimum absolute atomic E-state index is 0.0177. The highest BCUT2D eigenvalue weighted by molar-refractivity contribution is 4.48. The molecule has 2 nitrogen and oxygen atoms in total. The molecule has 0 saturated heterocycles. The van der Waals surface area contributed by atoms with E-state index in [1.165, 1.54) is 19.3 Å². The van der Waals surface area contributed by atoms with Crippen molar-refractivity contribution in [1.82, 2.24) is 0 Å². The van der Waals surface area contributed by atoms with E-state index in [2.05, 4.69) is 6.92 Å². The molecule has 0 heterocycles. The van der Waals surface area contributed by atoms with Crippen molar-refractivity contribution in [3.8, 4) is 0 Å². The highest BCUT2D eigenvalue weighted by Gasteiger charge is 1.99. The highest BCUT2D eigenvalue weighted by atomic mass is 16.5. The van der Waals surface area contributed by atoms with E-state index in [9.17, 15) is 5.11 Å². The van der Waals surface area contributed by atoms with Gasteiger partial charge in [0, 0.05) is 6.61 Å². The fraction of sp³-hybridized carbons (Fsp3) is 1.00. The first-order valence-electron chi connectivity index (χ1n) is 5.01. The van der Waals surface area contributed by atoms with Crippen LogP contribution in [0.5, 0.6) is 0 Å². The zero-order valence-electron chi connectivity index (χ0n) is 8.34. The van der Waals surface area contributed by atoms with Gasteiger partial charge in [-0.1, -0.05) is 26.2 Å². The van der Waals surface area contributed by atoms with Crippen LogP contribution in [0.4, 0.5) is 0 Å². The lowest BCUT2D eigenvalue weighted by molar-refractivity contribution is 0.0360. The molecule has 12 heavy (non-hydrogen) atoms. The number of hydrogen-bond donors (Lipinski definition) is 0. The normalized spacial score (nSPS) is 13.2. The van der Waals surface area contributed by atoms with Crippen molar-refractivity contribution in [3.05, 3.63) is 0 Å². The average molecular weight is 173 g/mol. The van der Waals surface area contributed by atoms with Gasteiger partial charge in [-0.3, -0.25) is 0 Å². The van der Waals surface area contributed by atoms with Crippen LogP contribution in [0.3, 0.4) is 0 Å². The quantitative estimate of drug-likeness (QED) is 0.519. The molecule has 1 atom stereocenters. The second-order valence-electron chi connectivity index (χ2n) is 3.23. The van der Waals surface area contributed by atoms with Gasteiger partial charge >= 0.3 is 0 Å². The molecular weight excluding hydrogens is 152 g/mol. The number of rotatable bonds is 8. The van der Waals surface area contributed by atoms with E-state index in [-0.39, 0.29) is 12.7 Å². The second kappa shape index (κ2) is 9.01. The van der Waals surface area contributed by atoms with Gasteiger partial charge in [0.1, 0.15) is 0 Å². The smallest absolute Gasteiger partial charge is 0.0846 e. The zero-order valence-corrected chi connectivity index (χ0v) is 8.34. The SMILES string of the molecule is CCCCCCOC(C)CC[O]. The lowest BCUT2D eigenvalue weighted by Crippen LogP contribution is -2.10. The summed E-state index contributed by atoms with van der Waals surface area (Å²) in [5, 5.41) is 10.2. The minimum atomic E-state index is -0.0177. The van der Waals surface area contributed by atoms with Crippen LogP contribution in [-0.4, -0.2) is 19.3 Å². The molecule has 0 saturated carbocycles. The third-order valence-corrected chi connectivity index (χ3v) is 1.92. The molecule has 1 radical (unpaired) electrons. The van der Waals surface area contributed by atoms with Crippen LogP contribution in [0.2, 0.25) is 0 Å². The first-order valence-corrected chi connectivity index (χ1v) is 5.01. The van der Waals surface area contributed by atoms with E-state index in [1.807, 2.05) is 6.92 Å². The van der Waals surface area contributed by atoms with E-state index in [0.717, 1.165) is 13.0 Å². The topological polar surface area (TPSA) is 29.1 Å². The zero-order chi connectivity index (χ0) is 9.23. The summed E-state index contributed by atoms with van der Waals surface area (Å²) in [6.07, 6.45) is 5.74. The van der Waals surface area contributed by atoms with Crippen LogP contribution in [0.1, 0.15) is 46.0 Å². The maximum Gasteiger partial charge on any atom is 0.0846 e. The Hall–Kier alpha value is -0.0800. The molecule has 0 bridgehead atoms. The van der Waals surface area contributed by atoms with Crippen LogP contribution in [0.25, 0.3) is 0 Å². The van der Waals surface area contributed by atoms with Gasteiger partial charge in [-0.2, -0.15) is 0 Å². The molecular formula is C10H21O2. The summed E-state index contributed by atoms with van der Waals surface area (Å²) in [4.78, 5) is 0. The summed E-state index contributed by atoms with van der Waals surface area (Å²) in [7, 11) is 0. The Kier molecular flexibility index (Phi) is 8.95. The van der Waals surface area contributed by atoms with E-state index in [1.54, 1.807) is 0 Å². The van der Waals surface area contributed by atoms with E-state index >= 15 is 0 Å². The molecule has 1 unspecified atom stereocenters. The van der Waals surface area contributed by atoms with Crippen molar-refractivity contribution in [2.75, 3.05) is 13.2 Å². The third kappa shape index (κ3) is 8.02. The predicted octanol–water partition coefficient (Wildman–Crippen LogP) is 2.79. The standard InChI is InChI=1S/C10H21O2/c1-3-4-5-6-9-12-10(2)7-8-11/h10H,3-9H2,1-2H3. The first-order chi connectivity index (χ1) is 5.81. The Morgan fingerprint density at radius 1 is 1.25 bits per heavy atom. The molecule has 0 fully saturated rings. The predicted molar refractivity (Wildman–Crippen MR) is 49.7 cm³/mol. The van der Waals surface area contributed by atoms with Gasteiger partial charge in [0.25, 0.3) is 0 Å². The molecule has 0 spiro atoms. The summed E-state index contributed by atoms with van der Waals surface area (Å²) >= 11 is 0. The Balaban J connectivity index is 2.97. The van der Waals surface area contributed by atoms with E-state index in [4.69, 9.17) is 4.74 Å². The molecule has 0 aromatic rings. The molecule has 0 aliphatic rings. The molecule has 73 valence electrons. The van der Waals surface area contributed by atoms with Crippen molar-refractivity contribution in [1.29, 1.82) is 0 Å². The van der Waals surface area contributed by atoms with Crippen LogP contribution >= 0.6 is 0 Å². The summed E-state index contributed by atoms with van der Waals surface area (Å²) in [5.74, 6) is 0. The lowest BCUT2D eigenvalue weighted by Gasteiger charge is -2.10. The van der Waals surface area contributed by atoms with Gasteiger partial charge in [0.05, 0.1) is 12.7 Å². The molecule has 2 heteroatoms. The largest absolute Gasteiger partial charge is 0.378 e. The molecule has 0 aromatic carbocycles. The van der Waals surface area contributed by atoms with Crippen LogP contribution in [-0.2, 0) is 9.84 Å². The lowest BCUT2D eigenvalue weighted by atomic mass is 10.2. The fourth-order valence-corrected chi connectivity index (χ4v) is 1.06. The fourth-order valence-electron chi connectivity index (χ4n) is 1.06. The molecule has 0 aliphatic heterocycles. The summed E-state index contributed by atoms with van der Waals surface area (Å²) in [6.45, 7) is 4.97. The molecule has 0 aromatic heterocycles. The molecule has 0 rings (SSSR count). The molecule has 0 aliphatic carbocycles. The van der Waals surface area contributed by atoms with Crippen molar-refractivity contribution in [2.24, 2.45) is 0 Å². The van der Waals surface area contributed by atoms with Gasteiger partial charge in [-0.25, -0.2) is 5.11 Å². The van der Waals surface area contributed by atoms with Crippen LogP contribution < -0.4 is 0 Å². The van der Waals surface area contributed by atoms with Gasteiger partial charge in [-0.15, -0.1) is 0 Å². The number of unbranched alkanes of at least 4 members (excludes halogenated alkanes) is 3. The molecule has 0 amide bonds. The average Bonchev–Trinajstić information content (AvgIpc) is 2.05. The minimum Gasteiger partial charge on any atom is -0.378 e. The van der Waals surface area contributed by atoms with Crippen molar-refractivity contribution in [3.63, 3.8) is 0 Å². The summed E-state index contributed by atoms with van der Waals surface area (Å²) < 4.78 is 5.43. The van der Waals surface area contributed by atoms with Crippen LogP contribution in [0.15, 0.2) is 0 Å². The Labute approximate surface area is 75.9 Å². The number of ether oxygens (including phenoxy) is 1. The van der Waals surface area contributed by atoms with Crippen molar-refractivity contribution >= 4 is 0 Å². The van der Waals surface area contributed by atoms with Gasteiger partial charge in [0.2, 0.25) is 0 Å². The van der Waals surface area contributed by atoms with Crippen LogP contribution in [0, 0.1) is 0 Å². The van der Waals surface area contributed by atoms with E-state index < -0.39 is 0 Å². The van der Waals surface area contributed by atoms with Crippen molar-refractivity contribution in [2.45, 2.75) is 52.1 Å². The maximum absolute atomic E-state index is 10.2. The summed E-state index contributed by atoms with van der Waals surface area (Å²) in [5.41, 5.74) is 0.